The molecule has 0 saturated carbocycles. The molecule has 0 bridgehead atoms. The lowest BCUT2D eigenvalue weighted by Crippen LogP contribution is -2.56. The van der Waals surface area contributed by atoms with Crippen molar-refractivity contribution in [3.63, 3.8) is 0 Å². The summed E-state index contributed by atoms with van der Waals surface area (Å²) in [7, 11) is 0. The number of rotatable bonds is 6. The molecule has 6 nitrogen and oxygen atoms in total. The van der Waals surface area contributed by atoms with Gasteiger partial charge in [0.25, 0.3) is 5.91 Å². The minimum atomic E-state index is -0.00113. The molecule has 1 aromatic heterocycles. The number of carbonyl (C=O) groups is 1. The number of amides is 1. The van der Waals surface area contributed by atoms with Crippen LogP contribution in [0.3, 0.4) is 0 Å². The van der Waals surface area contributed by atoms with Gasteiger partial charge in [0.15, 0.2) is 5.82 Å². The predicted octanol–water partition coefficient (Wildman–Crippen LogP) is 3.79. The standard InChI is InChI=1S/C23H24N4O2/c1-3-24-21-10-11-25-22(26-21)17-7-5-8-18(13-17)23(28)27-14-20(15-27)29-19-9-4-6-16(2)12-19/h4-13,20H,3,14-15H2,1-2H3,(H,24,25,26). The van der Waals surface area contributed by atoms with Crippen LogP contribution < -0.4 is 10.1 Å². The van der Waals surface area contributed by atoms with Crippen LogP contribution in [0.4, 0.5) is 5.82 Å². The molecule has 0 aliphatic carbocycles. The number of anilines is 1. The highest BCUT2D eigenvalue weighted by atomic mass is 16.5. The van der Waals surface area contributed by atoms with Crippen molar-refractivity contribution in [1.29, 1.82) is 0 Å². The topological polar surface area (TPSA) is 67.4 Å². The first-order valence-corrected chi connectivity index (χ1v) is 9.82. The average molecular weight is 388 g/mol. The molecule has 2 heterocycles. The van der Waals surface area contributed by atoms with Gasteiger partial charge in [-0.2, -0.15) is 0 Å². The van der Waals surface area contributed by atoms with Crippen molar-refractivity contribution in [3.8, 4) is 17.1 Å². The summed E-state index contributed by atoms with van der Waals surface area (Å²) in [5.74, 6) is 2.22. The Hall–Kier alpha value is -3.41. The Balaban J connectivity index is 1.41. The number of nitrogens with one attached hydrogen (secondary N) is 1. The molecule has 1 aliphatic heterocycles. The van der Waals surface area contributed by atoms with Crippen LogP contribution in [0.1, 0.15) is 22.8 Å². The van der Waals surface area contributed by atoms with E-state index >= 15 is 0 Å². The maximum absolute atomic E-state index is 12.8. The Morgan fingerprint density at radius 1 is 1.17 bits per heavy atom. The highest BCUT2D eigenvalue weighted by molar-refractivity contribution is 5.95. The van der Waals surface area contributed by atoms with Crippen molar-refractivity contribution >= 4 is 11.7 Å². The van der Waals surface area contributed by atoms with Gasteiger partial charge < -0.3 is 15.0 Å². The van der Waals surface area contributed by atoms with Gasteiger partial charge in [0.05, 0.1) is 13.1 Å². The summed E-state index contributed by atoms with van der Waals surface area (Å²) in [6.07, 6.45) is 1.75. The second-order valence-electron chi connectivity index (χ2n) is 7.14. The molecule has 2 aromatic carbocycles. The molecule has 1 saturated heterocycles. The van der Waals surface area contributed by atoms with E-state index in [1.807, 2.05) is 68.4 Å². The van der Waals surface area contributed by atoms with Gasteiger partial charge in [-0.1, -0.05) is 24.3 Å². The molecule has 148 valence electrons. The van der Waals surface area contributed by atoms with E-state index in [0.29, 0.717) is 24.5 Å². The number of hydrogen-bond acceptors (Lipinski definition) is 5. The summed E-state index contributed by atoms with van der Waals surface area (Å²) in [6, 6.07) is 17.3. The zero-order valence-corrected chi connectivity index (χ0v) is 16.6. The van der Waals surface area contributed by atoms with Gasteiger partial charge >= 0.3 is 0 Å². The number of aromatic nitrogens is 2. The minimum Gasteiger partial charge on any atom is -0.487 e. The monoisotopic (exact) mass is 388 g/mol. The lowest BCUT2D eigenvalue weighted by Gasteiger charge is -2.39. The zero-order valence-electron chi connectivity index (χ0n) is 16.6. The number of carbonyl (C=O) groups excluding carboxylic acids is 1. The van der Waals surface area contributed by atoms with Crippen molar-refractivity contribution in [2.45, 2.75) is 20.0 Å². The van der Waals surface area contributed by atoms with E-state index in [-0.39, 0.29) is 12.0 Å². The Morgan fingerprint density at radius 3 is 2.79 bits per heavy atom. The molecule has 0 unspecified atom stereocenters. The van der Waals surface area contributed by atoms with Gasteiger partial charge in [-0.05, 0) is 49.7 Å². The van der Waals surface area contributed by atoms with Crippen LogP contribution in [0, 0.1) is 6.92 Å². The lowest BCUT2D eigenvalue weighted by molar-refractivity contribution is 0.0178. The number of aryl methyl sites for hydroxylation is 1. The molecule has 1 aliphatic rings. The molecule has 1 N–H and O–H groups in total. The smallest absolute Gasteiger partial charge is 0.254 e. The SMILES string of the molecule is CCNc1ccnc(-c2cccc(C(=O)N3CC(Oc4cccc(C)c4)C3)c2)n1. The van der Waals surface area contributed by atoms with Crippen molar-refractivity contribution < 1.29 is 9.53 Å². The van der Waals surface area contributed by atoms with Crippen LogP contribution in [0.25, 0.3) is 11.4 Å². The fourth-order valence-electron chi connectivity index (χ4n) is 3.31. The quantitative estimate of drug-likeness (QED) is 0.696. The van der Waals surface area contributed by atoms with Crippen LogP contribution in [-0.2, 0) is 0 Å². The number of hydrogen-bond donors (Lipinski definition) is 1. The van der Waals surface area contributed by atoms with Gasteiger partial charge in [-0.15, -0.1) is 0 Å². The number of nitrogens with zero attached hydrogens (tertiary/aromatic N) is 3. The van der Waals surface area contributed by atoms with Crippen LogP contribution in [0.15, 0.2) is 60.8 Å². The fraction of sp³-hybridized carbons (Fsp3) is 0.261. The molecule has 3 aromatic rings. The van der Waals surface area contributed by atoms with Gasteiger partial charge in [0, 0.05) is 23.9 Å². The fourth-order valence-corrected chi connectivity index (χ4v) is 3.31. The van der Waals surface area contributed by atoms with E-state index in [4.69, 9.17) is 4.74 Å². The molecule has 0 atom stereocenters. The van der Waals surface area contributed by atoms with Crippen molar-refractivity contribution in [2.24, 2.45) is 0 Å². The first-order chi connectivity index (χ1) is 14.1. The van der Waals surface area contributed by atoms with Crippen molar-refractivity contribution in [1.82, 2.24) is 14.9 Å². The highest BCUT2D eigenvalue weighted by Gasteiger charge is 2.33. The van der Waals surface area contributed by atoms with Crippen LogP contribution in [0.5, 0.6) is 5.75 Å². The first-order valence-electron chi connectivity index (χ1n) is 9.82. The third-order valence-electron chi connectivity index (χ3n) is 4.81. The summed E-state index contributed by atoms with van der Waals surface area (Å²) >= 11 is 0. The highest BCUT2D eigenvalue weighted by Crippen LogP contribution is 2.23. The summed E-state index contributed by atoms with van der Waals surface area (Å²) in [6.45, 7) is 6.01. The maximum atomic E-state index is 12.8. The summed E-state index contributed by atoms with van der Waals surface area (Å²) < 4.78 is 5.96. The molecule has 6 heteroatoms. The third-order valence-corrected chi connectivity index (χ3v) is 4.81. The van der Waals surface area contributed by atoms with Crippen LogP contribution in [0.2, 0.25) is 0 Å². The molecule has 0 radical (unpaired) electrons. The third kappa shape index (κ3) is 4.37. The summed E-state index contributed by atoms with van der Waals surface area (Å²) in [5, 5.41) is 3.18. The van der Waals surface area contributed by atoms with E-state index in [0.717, 1.165) is 29.2 Å². The minimum absolute atomic E-state index is 0.00113. The maximum Gasteiger partial charge on any atom is 0.254 e. The Kier molecular flexibility index (Phi) is 5.42. The van der Waals surface area contributed by atoms with E-state index in [9.17, 15) is 4.79 Å². The van der Waals surface area contributed by atoms with Crippen LogP contribution in [-0.4, -0.2) is 46.5 Å². The molecule has 0 spiro atoms. The summed E-state index contributed by atoms with van der Waals surface area (Å²) in [4.78, 5) is 23.5. The molecule has 1 fully saturated rings. The second-order valence-corrected chi connectivity index (χ2v) is 7.14. The van der Waals surface area contributed by atoms with Gasteiger partial charge in [-0.25, -0.2) is 9.97 Å². The lowest BCUT2D eigenvalue weighted by atomic mass is 10.1. The molecule has 1 amide bonds. The van der Waals surface area contributed by atoms with E-state index in [1.165, 1.54) is 0 Å². The number of benzene rings is 2. The van der Waals surface area contributed by atoms with Crippen molar-refractivity contribution in [2.75, 3.05) is 25.0 Å². The normalized spacial score (nSPS) is 13.7. The van der Waals surface area contributed by atoms with Crippen LogP contribution >= 0.6 is 0 Å². The Morgan fingerprint density at radius 2 is 2.00 bits per heavy atom. The van der Waals surface area contributed by atoms with Gasteiger partial charge in [0.2, 0.25) is 0 Å². The van der Waals surface area contributed by atoms with Crippen molar-refractivity contribution in [3.05, 3.63) is 71.9 Å². The number of likely N-dealkylation sites (tertiary alicyclic amines) is 1. The van der Waals surface area contributed by atoms with E-state index in [2.05, 4.69) is 15.3 Å². The van der Waals surface area contributed by atoms with E-state index < -0.39 is 0 Å². The molecule has 4 rings (SSSR count). The predicted molar refractivity (Wildman–Crippen MR) is 113 cm³/mol. The van der Waals surface area contributed by atoms with Gasteiger partial charge in [0.1, 0.15) is 17.7 Å². The Labute approximate surface area is 170 Å². The Bertz CT molecular complexity index is 1020. The van der Waals surface area contributed by atoms with Gasteiger partial charge in [-0.3, -0.25) is 4.79 Å². The van der Waals surface area contributed by atoms with E-state index in [1.54, 1.807) is 11.1 Å². The average Bonchev–Trinajstić information content (AvgIpc) is 2.71. The number of ether oxygens (including phenoxy) is 1. The second kappa shape index (κ2) is 8.31. The molecule has 29 heavy (non-hydrogen) atoms. The molecular formula is C23H24N4O2. The summed E-state index contributed by atoms with van der Waals surface area (Å²) in [5.41, 5.74) is 2.62. The largest absolute Gasteiger partial charge is 0.487 e. The zero-order chi connectivity index (χ0) is 20.2. The molecular weight excluding hydrogens is 364 g/mol. The first kappa shape index (κ1) is 18.9.